The molecule has 0 saturated heterocycles. The summed E-state index contributed by atoms with van der Waals surface area (Å²) >= 11 is 8.64. The first-order valence-corrected chi connectivity index (χ1v) is 10.7. The number of nitrogens with zero attached hydrogens (tertiary/aromatic N) is 4. The van der Waals surface area contributed by atoms with Crippen LogP contribution in [0.2, 0.25) is 5.02 Å². The van der Waals surface area contributed by atoms with Gasteiger partial charge in [0.05, 0.1) is 29.4 Å². The highest BCUT2D eigenvalue weighted by atomic mass is 35.5. The first-order valence-electron chi connectivity index (χ1n) is 8.48. The van der Waals surface area contributed by atoms with Gasteiger partial charge in [-0.3, -0.25) is 4.79 Å². The lowest BCUT2D eigenvalue weighted by atomic mass is 10.3. The molecule has 10 heteroatoms. The highest BCUT2D eigenvalue weighted by Gasteiger charge is 2.14. The summed E-state index contributed by atoms with van der Waals surface area (Å²) < 4.78 is 11.2. The van der Waals surface area contributed by atoms with Crippen molar-refractivity contribution in [3.05, 3.63) is 51.3 Å². The third-order valence-electron chi connectivity index (χ3n) is 3.70. The molecule has 0 spiro atoms. The van der Waals surface area contributed by atoms with Crippen LogP contribution in [0.5, 0.6) is 5.75 Å². The lowest BCUT2D eigenvalue weighted by molar-refractivity contribution is -0.127. The van der Waals surface area contributed by atoms with Gasteiger partial charge >= 0.3 is 0 Å². The van der Waals surface area contributed by atoms with E-state index in [1.807, 2.05) is 12.3 Å². The molecule has 0 fully saturated rings. The van der Waals surface area contributed by atoms with E-state index in [-0.39, 0.29) is 11.7 Å². The van der Waals surface area contributed by atoms with Crippen molar-refractivity contribution in [1.29, 1.82) is 0 Å². The normalized spacial score (nSPS) is 10.8. The average Bonchev–Trinajstić information content (AvgIpc) is 3.30. The number of carbonyl (C=O) groups is 1. The number of aryl methyl sites for hydroxylation is 1. The highest BCUT2D eigenvalue weighted by molar-refractivity contribution is 7.99. The number of amides is 1. The molecule has 28 heavy (non-hydrogen) atoms. The maximum Gasteiger partial charge on any atom is 0.277 e. The third-order valence-corrected chi connectivity index (χ3v) is 5.58. The molecule has 0 radical (unpaired) electrons. The van der Waals surface area contributed by atoms with Crippen LogP contribution in [0.1, 0.15) is 16.6 Å². The van der Waals surface area contributed by atoms with E-state index >= 15 is 0 Å². The van der Waals surface area contributed by atoms with Gasteiger partial charge in [-0.15, -0.1) is 21.5 Å². The highest BCUT2D eigenvalue weighted by Crippen LogP contribution is 2.19. The fraction of sp³-hybridized carbons (Fsp3) is 0.333. The van der Waals surface area contributed by atoms with Crippen molar-refractivity contribution in [2.24, 2.45) is 0 Å². The Morgan fingerprint density at radius 3 is 2.82 bits per heavy atom. The molecule has 148 valence electrons. The van der Waals surface area contributed by atoms with Crippen molar-refractivity contribution in [3.8, 4) is 5.75 Å². The van der Waals surface area contributed by atoms with Crippen LogP contribution >= 0.6 is 34.7 Å². The van der Waals surface area contributed by atoms with Gasteiger partial charge in [-0.1, -0.05) is 23.4 Å². The van der Waals surface area contributed by atoms with Crippen LogP contribution in [0.4, 0.5) is 0 Å². The first kappa shape index (κ1) is 20.6. The molecule has 2 heterocycles. The Morgan fingerprint density at radius 1 is 1.32 bits per heavy atom. The van der Waals surface area contributed by atoms with Gasteiger partial charge in [-0.05, 0) is 31.2 Å². The SMILES string of the molecule is Cc1nc(Cc2nnc(SCC(=O)N(C)CCOc3ccc(Cl)cc3)o2)cs1. The Hall–Kier alpha value is -2.10. The maximum absolute atomic E-state index is 12.2. The summed E-state index contributed by atoms with van der Waals surface area (Å²) in [5, 5.41) is 12.0. The van der Waals surface area contributed by atoms with Gasteiger partial charge < -0.3 is 14.1 Å². The molecule has 0 bridgehead atoms. The van der Waals surface area contributed by atoms with Crippen molar-refractivity contribution in [1.82, 2.24) is 20.1 Å². The van der Waals surface area contributed by atoms with Crippen molar-refractivity contribution in [3.63, 3.8) is 0 Å². The van der Waals surface area contributed by atoms with E-state index in [1.165, 1.54) is 11.8 Å². The second kappa shape index (κ2) is 9.90. The zero-order chi connectivity index (χ0) is 19.9. The second-order valence-corrected chi connectivity index (χ2v) is 8.33. The van der Waals surface area contributed by atoms with E-state index < -0.39 is 0 Å². The van der Waals surface area contributed by atoms with E-state index in [1.54, 1.807) is 47.5 Å². The minimum atomic E-state index is -0.0421. The van der Waals surface area contributed by atoms with Gasteiger partial charge in [0, 0.05) is 17.5 Å². The quantitative estimate of drug-likeness (QED) is 0.471. The van der Waals surface area contributed by atoms with Crippen LogP contribution in [0, 0.1) is 6.92 Å². The topological polar surface area (TPSA) is 81.4 Å². The molecule has 3 aromatic rings. The maximum atomic E-state index is 12.2. The van der Waals surface area contributed by atoms with E-state index in [9.17, 15) is 4.79 Å². The molecule has 0 N–H and O–H groups in total. The van der Waals surface area contributed by atoms with Gasteiger partial charge in [0.25, 0.3) is 5.22 Å². The van der Waals surface area contributed by atoms with Crippen LogP contribution in [0.15, 0.2) is 39.3 Å². The summed E-state index contributed by atoms with van der Waals surface area (Å²) in [6.45, 7) is 2.82. The number of benzene rings is 1. The molecular formula is C18H19ClN4O3S2. The molecule has 0 aliphatic heterocycles. The number of rotatable bonds is 9. The van der Waals surface area contributed by atoms with Gasteiger partial charge in [0.15, 0.2) is 0 Å². The van der Waals surface area contributed by atoms with Crippen LogP contribution in [0.3, 0.4) is 0 Å². The fourth-order valence-electron chi connectivity index (χ4n) is 2.20. The minimum Gasteiger partial charge on any atom is -0.492 e. The number of halogens is 1. The van der Waals surface area contributed by atoms with Crippen molar-refractivity contribution < 1.29 is 13.9 Å². The number of carbonyl (C=O) groups excluding carboxylic acids is 1. The zero-order valence-corrected chi connectivity index (χ0v) is 17.8. The Bertz CT molecular complexity index is 914. The number of aromatic nitrogens is 3. The Morgan fingerprint density at radius 2 is 2.11 bits per heavy atom. The van der Waals surface area contributed by atoms with Gasteiger partial charge in [0.2, 0.25) is 11.8 Å². The summed E-state index contributed by atoms with van der Waals surface area (Å²) in [4.78, 5) is 18.2. The molecule has 7 nitrogen and oxygen atoms in total. The molecule has 0 aliphatic carbocycles. The van der Waals surface area contributed by atoms with E-state index in [4.69, 9.17) is 20.8 Å². The lowest BCUT2D eigenvalue weighted by Gasteiger charge is -2.16. The largest absolute Gasteiger partial charge is 0.492 e. The van der Waals surface area contributed by atoms with E-state index in [2.05, 4.69) is 15.2 Å². The number of thiazole rings is 1. The minimum absolute atomic E-state index is 0.0421. The predicted octanol–water partition coefficient (Wildman–Crippen LogP) is 3.71. The third kappa shape index (κ3) is 6.22. The molecule has 3 rings (SSSR count). The summed E-state index contributed by atoms with van der Waals surface area (Å²) in [6, 6.07) is 7.10. The molecule has 1 amide bonds. The summed E-state index contributed by atoms with van der Waals surface area (Å²) in [5.41, 5.74) is 0.902. The van der Waals surface area contributed by atoms with Crippen LogP contribution in [0.25, 0.3) is 0 Å². The smallest absolute Gasteiger partial charge is 0.277 e. The second-order valence-electron chi connectivity index (χ2n) is 5.90. The zero-order valence-electron chi connectivity index (χ0n) is 15.4. The van der Waals surface area contributed by atoms with Crippen molar-refractivity contribution >= 4 is 40.6 Å². The summed E-state index contributed by atoms with van der Waals surface area (Å²) in [7, 11) is 1.73. The first-order chi connectivity index (χ1) is 13.5. The van der Waals surface area contributed by atoms with Crippen molar-refractivity contribution in [2.75, 3.05) is 26.0 Å². The van der Waals surface area contributed by atoms with Gasteiger partial charge in [-0.25, -0.2) is 4.98 Å². The Balaban J connectivity index is 1.39. The van der Waals surface area contributed by atoms with E-state index in [0.717, 1.165) is 10.7 Å². The summed E-state index contributed by atoms with van der Waals surface area (Å²) in [6.07, 6.45) is 0.494. The van der Waals surface area contributed by atoms with Crippen LogP contribution in [-0.4, -0.2) is 51.9 Å². The molecule has 0 aliphatic rings. The number of thioether (sulfide) groups is 1. The molecule has 0 unspecified atom stereocenters. The average molecular weight is 439 g/mol. The van der Waals surface area contributed by atoms with Gasteiger partial charge in [0.1, 0.15) is 12.4 Å². The number of hydrogen-bond acceptors (Lipinski definition) is 8. The fourth-order valence-corrected chi connectivity index (χ4v) is 3.66. The Labute approximate surface area is 176 Å². The molecule has 1 aromatic carbocycles. The molecule has 0 atom stereocenters. The van der Waals surface area contributed by atoms with Crippen molar-refractivity contribution in [2.45, 2.75) is 18.6 Å². The lowest BCUT2D eigenvalue weighted by Crippen LogP contribution is -2.32. The number of likely N-dealkylation sites (N-methyl/N-ethyl adjacent to an activating group) is 1. The van der Waals surface area contributed by atoms with Crippen LogP contribution in [-0.2, 0) is 11.2 Å². The Kier molecular flexibility index (Phi) is 7.30. The molecule has 2 aromatic heterocycles. The van der Waals surface area contributed by atoms with Crippen LogP contribution < -0.4 is 4.74 Å². The predicted molar refractivity (Wildman–Crippen MR) is 109 cm³/mol. The number of ether oxygens (including phenoxy) is 1. The van der Waals surface area contributed by atoms with E-state index in [0.29, 0.717) is 41.5 Å². The monoisotopic (exact) mass is 438 g/mol. The summed E-state index contributed by atoms with van der Waals surface area (Å²) in [5.74, 6) is 1.38. The standard InChI is InChI=1S/C18H19ClN4O3S2/c1-12-20-14(10-27-12)9-16-21-22-18(26-16)28-11-17(24)23(2)7-8-25-15-5-3-13(19)4-6-15/h3-6,10H,7-9,11H2,1-2H3. The number of hydrogen-bond donors (Lipinski definition) is 0. The van der Waals surface area contributed by atoms with Gasteiger partial charge in [-0.2, -0.15) is 0 Å². The molecule has 0 saturated carbocycles. The molecular weight excluding hydrogens is 420 g/mol.